The number of carbonyl (C=O) groups excluding carboxylic acids is 1. The number of rotatable bonds is 5. The quantitative estimate of drug-likeness (QED) is 0.654. The van der Waals surface area contributed by atoms with Crippen LogP contribution in [0.1, 0.15) is 69.2 Å². The van der Waals surface area contributed by atoms with Gasteiger partial charge < -0.3 is 4.74 Å². The molecule has 0 rings (SSSR count). The van der Waals surface area contributed by atoms with Gasteiger partial charge in [-0.25, -0.2) is 0 Å². The highest BCUT2D eigenvalue weighted by atomic mass is 32.2. The van der Waals surface area contributed by atoms with E-state index in [1.807, 2.05) is 18.7 Å². The van der Waals surface area contributed by atoms with E-state index in [2.05, 4.69) is 48.5 Å². The van der Waals surface area contributed by atoms with Crippen molar-refractivity contribution in [1.29, 1.82) is 0 Å². The molecule has 0 aromatic carbocycles. The van der Waals surface area contributed by atoms with Crippen molar-refractivity contribution in [3.63, 3.8) is 0 Å². The summed E-state index contributed by atoms with van der Waals surface area (Å²) in [6.07, 6.45) is 0.464. The minimum Gasteiger partial charge on any atom is -0.462 e. The molecule has 0 aliphatic heterocycles. The van der Waals surface area contributed by atoms with Crippen LogP contribution in [0.5, 0.6) is 0 Å². The lowest BCUT2D eigenvalue weighted by Crippen LogP contribution is -2.29. The summed E-state index contributed by atoms with van der Waals surface area (Å²) in [5, 5.41) is 0.323. The van der Waals surface area contributed by atoms with E-state index in [9.17, 15) is 4.79 Å². The standard InChI is InChI=1S/C15H30O2S.CH4/c1-11(18-10-14(3,4)5)9-13(16)17-12(2)15(6,7)8;/h11-12H,9-10H2,1-8H3;1H4. The molecule has 0 radical (unpaired) electrons. The van der Waals surface area contributed by atoms with Gasteiger partial charge in [-0.3, -0.25) is 4.79 Å². The third-order valence-electron chi connectivity index (χ3n) is 2.78. The van der Waals surface area contributed by atoms with E-state index >= 15 is 0 Å². The van der Waals surface area contributed by atoms with Crippen LogP contribution in [-0.4, -0.2) is 23.1 Å². The van der Waals surface area contributed by atoms with E-state index in [-0.39, 0.29) is 24.9 Å². The molecule has 0 saturated carbocycles. The zero-order valence-corrected chi connectivity index (χ0v) is 14.1. The molecule has 0 aliphatic carbocycles. The van der Waals surface area contributed by atoms with Crippen molar-refractivity contribution in [1.82, 2.24) is 0 Å². The van der Waals surface area contributed by atoms with Gasteiger partial charge in [0.05, 0.1) is 6.42 Å². The van der Waals surface area contributed by atoms with Crippen LogP contribution in [0.2, 0.25) is 0 Å². The van der Waals surface area contributed by atoms with E-state index in [0.717, 1.165) is 5.75 Å². The van der Waals surface area contributed by atoms with E-state index in [0.29, 0.717) is 17.1 Å². The molecule has 0 bridgehead atoms. The van der Waals surface area contributed by atoms with Crippen molar-refractivity contribution in [3.8, 4) is 0 Å². The second-order valence-electron chi connectivity index (χ2n) is 7.38. The van der Waals surface area contributed by atoms with Gasteiger partial charge in [-0.15, -0.1) is 0 Å². The van der Waals surface area contributed by atoms with Crippen molar-refractivity contribution < 1.29 is 9.53 Å². The molecule has 2 unspecified atom stereocenters. The molecule has 0 aromatic heterocycles. The lowest BCUT2D eigenvalue weighted by Gasteiger charge is -2.27. The third-order valence-corrected chi connectivity index (χ3v) is 4.55. The predicted molar refractivity (Wildman–Crippen MR) is 87.7 cm³/mol. The second kappa shape index (κ2) is 8.18. The minimum absolute atomic E-state index is 0. The Morgan fingerprint density at radius 3 is 1.95 bits per heavy atom. The average molecular weight is 291 g/mol. The van der Waals surface area contributed by atoms with Gasteiger partial charge in [0.2, 0.25) is 0 Å². The molecule has 0 aliphatic rings. The monoisotopic (exact) mass is 290 g/mol. The van der Waals surface area contributed by atoms with Crippen LogP contribution in [0, 0.1) is 10.8 Å². The maximum atomic E-state index is 11.8. The number of esters is 1. The van der Waals surface area contributed by atoms with Crippen LogP contribution in [0.15, 0.2) is 0 Å². The van der Waals surface area contributed by atoms with Crippen molar-refractivity contribution in [2.24, 2.45) is 10.8 Å². The molecule has 2 atom stereocenters. The summed E-state index contributed by atoms with van der Waals surface area (Å²) in [6, 6.07) is 0. The van der Waals surface area contributed by atoms with Gasteiger partial charge in [0.1, 0.15) is 6.10 Å². The summed E-state index contributed by atoms with van der Waals surface area (Å²) in [7, 11) is 0. The smallest absolute Gasteiger partial charge is 0.307 e. The highest BCUT2D eigenvalue weighted by molar-refractivity contribution is 7.99. The molecular weight excluding hydrogens is 256 g/mol. The molecule has 0 N–H and O–H groups in total. The Morgan fingerprint density at radius 2 is 1.58 bits per heavy atom. The number of hydrogen-bond acceptors (Lipinski definition) is 3. The van der Waals surface area contributed by atoms with Crippen LogP contribution in [0.3, 0.4) is 0 Å². The molecule has 19 heavy (non-hydrogen) atoms. The highest BCUT2D eigenvalue weighted by Crippen LogP contribution is 2.26. The Kier molecular flexibility index (Phi) is 9.10. The van der Waals surface area contributed by atoms with Crippen molar-refractivity contribution >= 4 is 17.7 Å². The zero-order chi connectivity index (χ0) is 14.6. The van der Waals surface area contributed by atoms with Gasteiger partial charge in [-0.1, -0.05) is 55.9 Å². The first-order valence-corrected chi connectivity index (χ1v) is 7.78. The molecule has 3 heteroatoms. The molecule has 116 valence electrons. The summed E-state index contributed by atoms with van der Waals surface area (Å²) in [5.41, 5.74) is 0.318. The van der Waals surface area contributed by atoms with Gasteiger partial charge in [-0.05, 0) is 23.5 Å². The third kappa shape index (κ3) is 11.4. The minimum atomic E-state index is -0.0775. The summed E-state index contributed by atoms with van der Waals surface area (Å²) in [6.45, 7) is 17.0. The van der Waals surface area contributed by atoms with Crippen molar-refractivity contribution in [2.75, 3.05) is 5.75 Å². The van der Waals surface area contributed by atoms with Gasteiger partial charge in [0.15, 0.2) is 0 Å². The molecule has 0 aromatic rings. The molecule has 0 spiro atoms. The number of carbonyl (C=O) groups is 1. The Labute approximate surface area is 125 Å². The first-order chi connectivity index (χ1) is 7.92. The van der Waals surface area contributed by atoms with Gasteiger partial charge in [-0.2, -0.15) is 11.8 Å². The molecule has 2 nitrogen and oxygen atoms in total. The summed E-state index contributed by atoms with van der Waals surface area (Å²) in [5.74, 6) is 0.988. The van der Waals surface area contributed by atoms with Crippen LogP contribution in [-0.2, 0) is 9.53 Å². The molecular formula is C16H34O2S. The van der Waals surface area contributed by atoms with Crippen LogP contribution in [0.25, 0.3) is 0 Å². The van der Waals surface area contributed by atoms with E-state index in [1.54, 1.807) is 0 Å². The average Bonchev–Trinajstić information content (AvgIpc) is 2.11. The second-order valence-corrected chi connectivity index (χ2v) is 8.81. The first-order valence-electron chi connectivity index (χ1n) is 6.73. The fraction of sp³-hybridized carbons (Fsp3) is 0.938. The fourth-order valence-corrected chi connectivity index (χ4v) is 2.15. The fourth-order valence-electron chi connectivity index (χ4n) is 1.11. The maximum Gasteiger partial charge on any atom is 0.307 e. The summed E-state index contributed by atoms with van der Waals surface area (Å²) in [4.78, 5) is 11.8. The van der Waals surface area contributed by atoms with Gasteiger partial charge in [0, 0.05) is 5.25 Å². The number of thioether (sulfide) groups is 1. The lowest BCUT2D eigenvalue weighted by atomic mass is 9.90. The topological polar surface area (TPSA) is 26.3 Å². The maximum absolute atomic E-state index is 11.8. The highest BCUT2D eigenvalue weighted by Gasteiger charge is 2.24. The Hall–Kier alpha value is -0.180. The molecule has 0 heterocycles. The Balaban J connectivity index is 0. The van der Waals surface area contributed by atoms with Crippen molar-refractivity contribution in [2.45, 2.75) is 80.6 Å². The Bertz CT molecular complexity index is 261. The largest absolute Gasteiger partial charge is 0.462 e. The summed E-state index contributed by atoms with van der Waals surface area (Å²) >= 11 is 1.85. The van der Waals surface area contributed by atoms with Gasteiger partial charge in [0.25, 0.3) is 0 Å². The van der Waals surface area contributed by atoms with Gasteiger partial charge >= 0.3 is 5.97 Å². The van der Waals surface area contributed by atoms with E-state index in [1.165, 1.54) is 0 Å². The van der Waals surface area contributed by atoms with Crippen LogP contribution in [0.4, 0.5) is 0 Å². The van der Waals surface area contributed by atoms with Crippen molar-refractivity contribution in [3.05, 3.63) is 0 Å². The SMILES string of the molecule is C.CC(CC(=O)OC(C)C(C)(C)C)SCC(C)(C)C. The van der Waals surface area contributed by atoms with E-state index in [4.69, 9.17) is 4.74 Å². The molecule has 0 saturated heterocycles. The van der Waals surface area contributed by atoms with E-state index < -0.39 is 0 Å². The predicted octanol–water partition coefficient (Wildman–Crippen LogP) is 5.16. The summed E-state index contributed by atoms with van der Waals surface area (Å²) < 4.78 is 5.47. The molecule has 0 amide bonds. The Morgan fingerprint density at radius 1 is 1.11 bits per heavy atom. The number of ether oxygens (including phenoxy) is 1. The zero-order valence-electron chi connectivity index (χ0n) is 13.3. The number of hydrogen-bond donors (Lipinski definition) is 0. The van der Waals surface area contributed by atoms with Crippen LogP contribution >= 0.6 is 11.8 Å². The van der Waals surface area contributed by atoms with Crippen LogP contribution < -0.4 is 0 Å². The lowest BCUT2D eigenvalue weighted by molar-refractivity contribution is -0.153. The molecule has 0 fully saturated rings. The first kappa shape index (κ1) is 21.1. The normalized spacial score (nSPS) is 15.4.